The molecule has 1 fully saturated rings. The molecule has 0 saturated heterocycles. The molecule has 1 saturated carbocycles. The molecule has 4 heteroatoms. The summed E-state index contributed by atoms with van der Waals surface area (Å²) in [5.74, 6) is -0.420. The Hall–Kier alpha value is -1.22. The molecule has 0 radical (unpaired) electrons. The van der Waals surface area contributed by atoms with E-state index in [2.05, 4.69) is 0 Å². The fraction of sp³-hybridized carbons (Fsp3) is 0.462. The molecule has 1 N–H and O–H groups in total. The van der Waals surface area contributed by atoms with Gasteiger partial charge < -0.3 is 9.84 Å². The van der Waals surface area contributed by atoms with Crippen LogP contribution in [0.15, 0.2) is 18.2 Å². The third-order valence-electron chi connectivity index (χ3n) is 3.19. The van der Waals surface area contributed by atoms with E-state index in [9.17, 15) is 4.79 Å². The van der Waals surface area contributed by atoms with Crippen LogP contribution in [0.4, 0.5) is 0 Å². The van der Waals surface area contributed by atoms with Crippen LogP contribution in [0, 0.1) is 12.8 Å². The first-order valence-corrected chi connectivity index (χ1v) is 6.11. The van der Waals surface area contributed by atoms with Crippen LogP contribution in [-0.4, -0.2) is 17.2 Å². The number of hydrogen-bond donors (Lipinski definition) is 1. The zero-order chi connectivity index (χ0) is 12.4. The fourth-order valence-corrected chi connectivity index (χ4v) is 2.48. The van der Waals surface area contributed by atoms with E-state index in [0.717, 1.165) is 24.2 Å². The summed E-state index contributed by atoms with van der Waals surface area (Å²) in [7, 11) is 0. The van der Waals surface area contributed by atoms with E-state index in [1.807, 2.05) is 13.0 Å². The number of ether oxygens (including phenoxy) is 1. The van der Waals surface area contributed by atoms with Crippen molar-refractivity contribution < 1.29 is 14.6 Å². The van der Waals surface area contributed by atoms with Crippen molar-refractivity contribution in [3.8, 4) is 5.75 Å². The lowest BCUT2D eigenvalue weighted by Crippen LogP contribution is -2.28. The summed E-state index contributed by atoms with van der Waals surface area (Å²) in [4.78, 5) is 11.0. The lowest BCUT2D eigenvalue weighted by Gasteiger charge is -2.19. The molecule has 92 valence electrons. The van der Waals surface area contributed by atoms with E-state index >= 15 is 0 Å². The molecule has 1 aliphatic rings. The first kappa shape index (κ1) is 12.2. The minimum absolute atomic E-state index is 0.215. The maximum absolute atomic E-state index is 11.0. The molecule has 2 unspecified atom stereocenters. The predicted octanol–water partition coefficient (Wildman–Crippen LogP) is 3.28. The number of rotatable bonds is 3. The Bertz CT molecular complexity index is 431. The van der Waals surface area contributed by atoms with E-state index in [1.165, 1.54) is 0 Å². The maximum atomic E-state index is 11.0. The summed E-state index contributed by atoms with van der Waals surface area (Å²) in [6.45, 7) is 1.91. The van der Waals surface area contributed by atoms with Crippen molar-refractivity contribution in [2.24, 2.45) is 5.92 Å². The highest BCUT2D eigenvalue weighted by atomic mass is 35.5. The average molecular weight is 255 g/mol. The van der Waals surface area contributed by atoms with Gasteiger partial charge in [-0.2, -0.15) is 0 Å². The normalized spacial score (nSPS) is 23.6. The van der Waals surface area contributed by atoms with Gasteiger partial charge in [0.2, 0.25) is 0 Å². The lowest BCUT2D eigenvalue weighted by molar-refractivity contribution is -0.144. The molecule has 0 aromatic heterocycles. The third-order valence-corrected chi connectivity index (χ3v) is 3.42. The first-order valence-electron chi connectivity index (χ1n) is 5.73. The van der Waals surface area contributed by atoms with Gasteiger partial charge in [0.05, 0.1) is 5.92 Å². The minimum Gasteiger partial charge on any atom is -0.489 e. The molecule has 0 heterocycles. The summed E-state index contributed by atoms with van der Waals surface area (Å²) in [6, 6.07) is 5.38. The third kappa shape index (κ3) is 2.72. The number of aryl methyl sites for hydroxylation is 1. The van der Waals surface area contributed by atoms with Crippen LogP contribution in [0.1, 0.15) is 24.8 Å². The number of benzene rings is 1. The first-order chi connectivity index (χ1) is 8.08. The SMILES string of the molecule is Cc1cc(Cl)ccc1OC1CCCC1C(=O)O. The van der Waals surface area contributed by atoms with Crippen molar-refractivity contribution in [3.63, 3.8) is 0 Å². The van der Waals surface area contributed by atoms with E-state index in [0.29, 0.717) is 11.4 Å². The van der Waals surface area contributed by atoms with Gasteiger partial charge in [-0.3, -0.25) is 4.79 Å². The number of carboxylic acid groups (broad SMARTS) is 1. The second-order valence-corrected chi connectivity index (χ2v) is 4.88. The second kappa shape index (κ2) is 4.96. The van der Waals surface area contributed by atoms with Crippen LogP contribution in [0.25, 0.3) is 0 Å². The quantitative estimate of drug-likeness (QED) is 0.900. The van der Waals surface area contributed by atoms with Gasteiger partial charge in [0, 0.05) is 5.02 Å². The Morgan fingerprint density at radius 1 is 1.47 bits per heavy atom. The topological polar surface area (TPSA) is 46.5 Å². The number of hydrogen-bond acceptors (Lipinski definition) is 2. The van der Waals surface area contributed by atoms with Gasteiger partial charge in [0.15, 0.2) is 0 Å². The highest BCUT2D eigenvalue weighted by Gasteiger charge is 2.34. The van der Waals surface area contributed by atoms with Crippen LogP contribution in [-0.2, 0) is 4.79 Å². The molecule has 0 spiro atoms. The van der Waals surface area contributed by atoms with Gasteiger partial charge in [-0.25, -0.2) is 0 Å². The summed E-state index contributed by atoms with van der Waals surface area (Å²) in [6.07, 6.45) is 2.20. The van der Waals surface area contributed by atoms with Crippen LogP contribution in [0.5, 0.6) is 5.75 Å². The smallest absolute Gasteiger partial charge is 0.310 e. The number of carboxylic acids is 1. The van der Waals surface area contributed by atoms with Crippen molar-refractivity contribution in [2.75, 3.05) is 0 Å². The molecule has 0 amide bonds. The van der Waals surface area contributed by atoms with Gasteiger partial charge >= 0.3 is 5.97 Å². The second-order valence-electron chi connectivity index (χ2n) is 4.44. The average Bonchev–Trinajstić information content (AvgIpc) is 2.70. The standard InChI is InChI=1S/C13H15ClO3/c1-8-7-9(14)5-6-11(8)17-12-4-2-3-10(12)13(15)16/h5-7,10,12H,2-4H2,1H3,(H,15,16). The summed E-state index contributed by atoms with van der Waals surface area (Å²) in [5, 5.41) is 9.74. The molecule has 2 atom stereocenters. The van der Waals surface area contributed by atoms with Crippen molar-refractivity contribution >= 4 is 17.6 Å². The van der Waals surface area contributed by atoms with Crippen molar-refractivity contribution in [1.29, 1.82) is 0 Å². The number of halogens is 1. The van der Waals surface area contributed by atoms with Gasteiger partial charge in [0.1, 0.15) is 11.9 Å². The summed E-state index contributed by atoms with van der Waals surface area (Å²) >= 11 is 5.86. The number of carbonyl (C=O) groups is 1. The van der Waals surface area contributed by atoms with Crippen LogP contribution >= 0.6 is 11.6 Å². The van der Waals surface area contributed by atoms with Gasteiger partial charge in [-0.1, -0.05) is 11.6 Å². The molecular formula is C13H15ClO3. The van der Waals surface area contributed by atoms with E-state index < -0.39 is 5.97 Å². The lowest BCUT2D eigenvalue weighted by atomic mass is 10.1. The summed E-state index contributed by atoms with van der Waals surface area (Å²) < 4.78 is 5.80. The Morgan fingerprint density at radius 2 is 2.24 bits per heavy atom. The van der Waals surface area contributed by atoms with E-state index in [1.54, 1.807) is 12.1 Å². The Kier molecular flexibility index (Phi) is 3.57. The highest BCUT2D eigenvalue weighted by molar-refractivity contribution is 6.30. The molecule has 1 aliphatic carbocycles. The molecule has 3 nitrogen and oxygen atoms in total. The molecule has 0 bridgehead atoms. The van der Waals surface area contributed by atoms with Gasteiger partial charge in [-0.15, -0.1) is 0 Å². The Labute approximate surface area is 105 Å². The van der Waals surface area contributed by atoms with E-state index in [-0.39, 0.29) is 12.0 Å². The van der Waals surface area contributed by atoms with Crippen molar-refractivity contribution in [3.05, 3.63) is 28.8 Å². The zero-order valence-electron chi connectivity index (χ0n) is 9.65. The Balaban J connectivity index is 2.12. The Morgan fingerprint density at radius 3 is 2.88 bits per heavy atom. The van der Waals surface area contributed by atoms with Crippen LogP contribution in [0.3, 0.4) is 0 Å². The highest BCUT2D eigenvalue weighted by Crippen LogP contribution is 2.32. The van der Waals surface area contributed by atoms with Gasteiger partial charge in [-0.05, 0) is 49.9 Å². The zero-order valence-corrected chi connectivity index (χ0v) is 10.4. The van der Waals surface area contributed by atoms with Crippen molar-refractivity contribution in [1.82, 2.24) is 0 Å². The summed E-state index contributed by atoms with van der Waals surface area (Å²) in [5.41, 5.74) is 0.938. The monoisotopic (exact) mass is 254 g/mol. The molecule has 0 aliphatic heterocycles. The van der Waals surface area contributed by atoms with Gasteiger partial charge in [0.25, 0.3) is 0 Å². The largest absolute Gasteiger partial charge is 0.489 e. The van der Waals surface area contributed by atoms with Crippen molar-refractivity contribution in [2.45, 2.75) is 32.3 Å². The molecule has 1 aromatic rings. The number of aliphatic carboxylic acids is 1. The molecule has 17 heavy (non-hydrogen) atoms. The minimum atomic E-state index is -0.765. The fourth-order valence-electron chi connectivity index (χ4n) is 2.26. The van der Waals surface area contributed by atoms with Crippen LogP contribution in [0.2, 0.25) is 5.02 Å². The molecule has 2 rings (SSSR count). The van der Waals surface area contributed by atoms with E-state index in [4.69, 9.17) is 21.4 Å². The molecular weight excluding hydrogens is 240 g/mol. The molecule has 1 aromatic carbocycles. The van der Waals surface area contributed by atoms with Crippen LogP contribution < -0.4 is 4.74 Å². The maximum Gasteiger partial charge on any atom is 0.310 e. The predicted molar refractivity (Wildman–Crippen MR) is 65.6 cm³/mol.